The zero-order valence-electron chi connectivity index (χ0n) is 6.42. The monoisotopic (exact) mass is 152 g/mol. The molecule has 0 amide bonds. The number of rotatable bonds is 2. The number of carboxylic acids is 1. The van der Waals surface area contributed by atoms with Crippen LogP contribution in [0.4, 0.5) is 0 Å². The molecule has 0 aromatic carbocycles. The Balaban J connectivity index is 2.44. The molecule has 0 unspecified atom stereocenters. The Bertz CT molecular complexity index is 202. The standard InChI is InChI=1S/C9H12O2/c10-9(11)7-6-8-4-2-1-3-5-8/h2,4,6H,1,3,5,7H2,(H,10,11)/b8-6+. The van der Waals surface area contributed by atoms with Crippen LogP contribution in [0.25, 0.3) is 0 Å². The first-order valence-corrected chi connectivity index (χ1v) is 3.86. The Hall–Kier alpha value is -1.05. The van der Waals surface area contributed by atoms with E-state index in [2.05, 4.69) is 6.08 Å². The van der Waals surface area contributed by atoms with Crippen molar-refractivity contribution in [1.82, 2.24) is 0 Å². The van der Waals surface area contributed by atoms with Crippen molar-refractivity contribution < 1.29 is 9.90 Å². The summed E-state index contributed by atoms with van der Waals surface area (Å²) in [4.78, 5) is 10.2. The second-order valence-corrected chi connectivity index (χ2v) is 2.67. The maximum absolute atomic E-state index is 10.2. The van der Waals surface area contributed by atoms with E-state index in [-0.39, 0.29) is 6.42 Å². The van der Waals surface area contributed by atoms with Crippen molar-refractivity contribution in [2.45, 2.75) is 25.7 Å². The van der Waals surface area contributed by atoms with E-state index in [9.17, 15) is 4.79 Å². The van der Waals surface area contributed by atoms with E-state index in [0.717, 1.165) is 19.3 Å². The Morgan fingerprint density at radius 3 is 3.09 bits per heavy atom. The Labute approximate surface area is 66.2 Å². The molecule has 1 aliphatic carbocycles. The van der Waals surface area contributed by atoms with Gasteiger partial charge in [-0.15, -0.1) is 0 Å². The highest BCUT2D eigenvalue weighted by Gasteiger charge is 1.99. The van der Waals surface area contributed by atoms with Crippen LogP contribution in [-0.4, -0.2) is 11.1 Å². The minimum absolute atomic E-state index is 0.152. The second kappa shape index (κ2) is 3.96. The van der Waals surface area contributed by atoms with Gasteiger partial charge < -0.3 is 5.11 Å². The zero-order valence-corrected chi connectivity index (χ0v) is 6.42. The molecule has 0 atom stereocenters. The summed E-state index contributed by atoms with van der Waals surface area (Å²) in [7, 11) is 0. The molecule has 0 heterocycles. The summed E-state index contributed by atoms with van der Waals surface area (Å²) in [5.74, 6) is -0.753. The van der Waals surface area contributed by atoms with Gasteiger partial charge in [-0.25, -0.2) is 0 Å². The largest absolute Gasteiger partial charge is 0.481 e. The lowest BCUT2D eigenvalue weighted by molar-refractivity contribution is -0.136. The topological polar surface area (TPSA) is 37.3 Å². The summed E-state index contributed by atoms with van der Waals surface area (Å²) in [5.41, 5.74) is 1.17. The van der Waals surface area contributed by atoms with Crippen LogP contribution in [0.3, 0.4) is 0 Å². The Morgan fingerprint density at radius 1 is 1.73 bits per heavy atom. The van der Waals surface area contributed by atoms with E-state index in [1.807, 2.05) is 6.08 Å². The van der Waals surface area contributed by atoms with Crippen molar-refractivity contribution in [2.75, 3.05) is 0 Å². The summed E-state index contributed by atoms with van der Waals surface area (Å²) in [5, 5.41) is 8.38. The predicted octanol–water partition coefficient (Wildman–Crippen LogP) is 2.13. The fourth-order valence-electron chi connectivity index (χ4n) is 1.13. The second-order valence-electron chi connectivity index (χ2n) is 2.67. The summed E-state index contributed by atoms with van der Waals surface area (Å²) in [6, 6.07) is 0. The smallest absolute Gasteiger partial charge is 0.307 e. The SMILES string of the molecule is O=C(O)C/C=C1\C=CCCC1. The maximum atomic E-state index is 10.2. The van der Waals surface area contributed by atoms with Gasteiger partial charge in [-0.1, -0.05) is 23.8 Å². The Morgan fingerprint density at radius 2 is 2.55 bits per heavy atom. The van der Waals surface area contributed by atoms with Crippen LogP contribution in [0.2, 0.25) is 0 Å². The van der Waals surface area contributed by atoms with Crippen molar-refractivity contribution in [3.05, 3.63) is 23.8 Å². The number of allylic oxidation sites excluding steroid dienone is 3. The molecule has 0 bridgehead atoms. The van der Waals surface area contributed by atoms with E-state index in [4.69, 9.17) is 5.11 Å². The van der Waals surface area contributed by atoms with Crippen molar-refractivity contribution in [3.63, 3.8) is 0 Å². The summed E-state index contributed by atoms with van der Waals surface area (Å²) in [6.45, 7) is 0. The average Bonchev–Trinajstić information content (AvgIpc) is 2.03. The van der Waals surface area contributed by atoms with Crippen LogP contribution >= 0.6 is 0 Å². The summed E-state index contributed by atoms with van der Waals surface area (Å²) in [6.07, 6.45) is 9.37. The molecule has 0 spiro atoms. The number of hydrogen-bond donors (Lipinski definition) is 1. The molecule has 1 aliphatic rings. The lowest BCUT2D eigenvalue weighted by atomic mass is 10.0. The summed E-state index contributed by atoms with van der Waals surface area (Å²) < 4.78 is 0. The van der Waals surface area contributed by atoms with Crippen LogP contribution in [0.15, 0.2) is 23.8 Å². The molecule has 1 N–H and O–H groups in total. The first kappa shape index (κ1) is 8.05. The van der Waals surface area contributed by atoms with Crippen molar-refractivity contribution in [2.24, 2.45) is 0 Å². The van der Waals surface area contributed by atoms with E-state index < -0.39 is 5.97 Å². The summed E-state index contributed by atoms with van der Waals surface area (Å²) >= 11 is 0. The lowest BCUT2D eigenvalue weighted by Crippen LogP contribution is -1.93. The van der Waals surface area contributed by atoms with Crippen LogP contribution in [0, 0.1) is 0 Å². The minimum Gasteiger partial charge on any atom is -0.481 e. The molecule has 11 heavy (non-hydrogen) atoms. The quantitative estimate of drug-likeness (QED) is 0.658. The molecule has 1 rings (SSSR count). The van der Waals surface area contributed by atoms with Gasteiger partial charge >= 0.3 is 5.97 Å². The van der Waals surface area contributed by atoms with Gasteiger partial charge in [0.1, 0.15) is 0 Å². The predicted molar refractivity (Wildman–Crippen MR) is 43.3 cm³/mol. The van der Waals surface area contributed by atoms with Gasteiger partial charge in [0.2, 0.25) is 0 Å². The van der Waals surface area contributed by atoms with Gasteiger partial charge in [0, 0.05) is 0 Å². The number of aliphatic carboxylic acids is 1. The van der Waals surface area contributed by atoms with Gasteiger partial charge in [0.15, 0.2) is 0 Å². The molecule has 0 aromatic rings. The van der Waals surface area contributed by atoms with Crippen molar-refractivity contribution >= 4 is 5.97 Å². The molecule has 0 radical (unpaired) electrons. The third-order valence-corrected chi connectivity index (χ3v) is 1.71. The van der Waals surface area contributed by atoms with Crippen LogP contribution in [0.5, 0.6) is 0 Å². The third-order valence-electron chi connectivity index (χ3n) is 1.71. The minimum atomic E-state index is -0.753. The van der Waals surface area contributed by atoms with Gasteiger partial charge in [-0.05, 0) is 19.3 Å². The highest BCUT2D eigenvalue weighted by molar-refractivity contribution is 5.68. The normalized spacial score (nSPS) is 20.5. The van der Waals surface area contributed by atoms with Gasteiger partial charge in [0.05, 0.1) is 6.42 Å². The number of hydrogen-bond acceptors (Lipinski definition) is 1. The fourth-order valence-corrected chi connectivity index (χ4v) is 1.13. The first-order chi connectivity index (χ1) is 5.29. The molecule has 0 saturated carbocycles. The third kappa shape index (κ3) is 3.03. The van der Waals surface area contributed by atoms with E-state index >= 15 is 0 Å². The van der Waals surface area contributed by atoms with Crippen molar-refractivity contribution in [3.8, 4) is 0 Å². The molecule has 60 valence electrons. The fraction of sp³-hybridized carbons (Fsp3) is 0.444. The number of carboxylic acid groups (broad SMARTS) is 1. The maximum Gasteiger partial charge on any atom is 0.307 e. The lowest BCUT2D eigenvalue weighted by Gasteiger charge is -2.05. The highest BCUT2D eigenvalue weighted by atomic mass is 16.4. The molecular formula is C9H12O2. The van der Waals surface area contributed by atoms with E-state index in [0.29, 0.717) is 0 Å². The average molecular weight is 152 g/mol. The van der Waals surface area contributed by atoms with Gasteiger partial charge in [0.25, 0.3) is 0 Å². The van der Waals surface area contributed by atoms with Crippen LogP contribution in [-0.2, 0) is 4.79 Å². The van der Waals surface area contributed by atoms with E-state index in [1.165, 1.54) is 5.57 Å². The molecule has 0 aliphatic heterocycles. The molecule has 0 saturated heterocycles. The molecular weight excluding hydrogens is 140 g/mol. The molecule has 2 nitrogen and oxygen atoms in total. The van der Waals surface area contributed by atoms with E-state index in [1.54, 1.807) is 6.08 Å². The molecule has 0 aromatic heterocycles. The molecule has 0 fully saturated rings. The zero-order chi connectivity index (χ0) is 8.10. The van der Waals surface area contributed by atoms with Gasteiger partial charge in [-0.3, -0.25) is 4.79 Å². The number of carbonyl (C=O) groups is 1. The van der Waals surface area contributed by atoms with Crippen LogP contribution < -0.4 is 0 Å². The molecule has 2 heteroatoms. The first-order valence-electron chi connectivity index (χ1n) is 3.86. The Kier molecular flexibility index (Phi) is 2.90. The van der Waals surface area contributed by atoms with Gasteiger partial charge in [-0.2, -0.15) is 0 Å². The van der Waals surface area contributed by atoms with Crippen molar-refractivity contribution in [1.29, 1.82) is 0 Å². The van der Waals surface area contributed by atoms with Crippen LogP contribution in [0.1, 0.15) is 25.7 Å². The highest BCUT2D eigenvalue weighted by Crippen LogP contribution is 2.15.